The highest BCUT2D eigenvalue weighted by Crippen LogP contribution is 2.47. The van der Waals surface area contributed by atoms with Crippen LogP contribution in [0.1, 0.15) is 70.9 Å². The number of hydrogen-bond donors (Lipinski definition) is 0. The Morgan fingerprint density at radius 2 is 1.22 bits per heavy atom. The van der Waals surface area contributed by atoms with Crippen molar-refractivity contribution in [1.29, 1.82) is 0 Å². The summed E-state index contributed by atoms with van der Waals surface area (Å²) in [6.07, 6.45) is 9.89. The van der Waals surface area contributed by atoms with E-state index in [1.54, 1.807) is 24.3 Å². The maximum atomic E-state index is 12.1. The van der Waals surface area contributed by atoms with E-state index >= 15 is 0 Å². The molecule has 0 amide bonds. The van der Waals surface area contributed by atoms with Crippen molar-refractivity contribution < 1.29 is 42.6 Å². The number of hydrogen-bond acceptors (Lipinski definition) is 9. The van der Waals surface area contributed by atoms with Crippen molar-refractivity contribution in [2.45, 2.75) is 70.6 Å². The molecule has 10 nitrogen and oxygen atoms in total. The Morgan fingerprint density at radius 1 is 0.672 bits per heavy atom. The van der Waals surface area contributed by atoms with Crippen LogP contribution in [0.2, 0.25) is 0 Å². The van der Waals surface area contributed by atoms with E-state index in [9.17, 15) is 9.59 Å². The van der Waals surface area contributed by atoms with E-state index in [0.717, 1.165) is 41.3 Å². The predicted octanol–water partition coefficient (Wildman–Crippen LogP) is 10.8. The Labute approximate surface area is 401 Å². The topological polar surface area (TPSA) is 95.8 Å². The lowest BCUT2D eigenvalue weighted by atomic mass is 9.81. The number of para-hydroxylation sites is 4. The minimum atomic E-state index is -0.325. The molecule has 3 aliphatic rings. The normalized spacial score (nSPS) is 17.1. The maximum Gasteiger partial charge on any atom is 0.313 e. The molecule has 0 spiro atoms. The van der Waals surface area contributed by atoms with Gasteiger partial charge in [0.2, 0.25) is 5.69 Å². The third-order valence-electron chi connectivity index (χ3n) is 12.5. The van der Waals surface area contributed by atoms with Crippen molar-refractivity contribution in [2.24, 2.45) is 5.92 Å². The highest BCUT2D eigenvalue weighted by molar-refractivity contribution is 6.30. The van der Waals surface area contributed by atoms with Gasteiger partial charge in [0.25, 0.3) is 0 Å². The van der Waals surface area contributed by atoms with Gasteiger partial charge in [0.05, 0.1) is 70.2 Å². The van der Waals surface area contributed by atoms with E-state index < -0.39 is 0 Å². The molecule has 7 rings (SSSR count). The van der Waals surface area contributed by atoms with Gasteiger partial charge in [-0.2, -0.15) is 4.58 Å². The van der Waals surface area contributed by atoms with Crippen LogP contribution in [0.3, 0.4) is 0 Å². The molecule has 2 aliphatic heterocycles. The number of allylic oxidation sites excluding steroid dienone is 5. The van der Waals surface area contributed by atoms with Gasteiger partial charge in [-0.3, -0.25) is 9.59 Å². The Kier molecular flexibility index (Phi) is 17.6. The Balaban J connectivity index is 0.951. The summed E-state index contributed by atoms with van der Waals surface area (Å²) < 4.78 is 36.4. The monoisotopic (exact) mass is 927 g/mol. The van der Waals surface area contributed by atoms with E-state index in [0.29, 0.717) is 64.2 Å². The minimum Gasteiger partial charge on any atom is -0.426 e. The van der Waals surface area contributed by atoms with E-state index in [1.807, 2.05) is 36.4 Å². The lowest BCUT2D eigenvalue weighted by Crippen LogP contribution is -2.29. The van der Waals surface area contributed by atoms with Crippen molar-refractivity contribution in [3.8, 4) is 11.5 Å². The van der Waals surface area contributed by atoms with Gasteiger partial charge in [-0.05, 0) is 94.5 Å². The lowest BCUT2D eigenvalue weighted by molar-refractivity contribution is -0.442. The number of ether oxygens (including phenoxy) is 6. The number of carbonyl (C=O) groups is 2. The van der Waals surface area contributed by atoms with Crippen molar-refractivity contribution >= 4 is 40.6 Å². The number of halogens is 1. The highest BCUT2D eigenvalue weighted by atomic mass is 35.5. The van der Waals surface area contributed by atoms with Gasteiger partial charge in [0.15, 0.2) is 12.3 Å². The van der Waals surface area contributed by atoms with Crippen LogP contribution < -0.4 is 14.4 Å². The molecule has 0 saturated heterocycles. The van der Waals surface area contributed by atoms with Gasteiger partial charge >= 0.3 is 11.9 Å². The summed E-state index contributed by atoms with van der Waals surface area (Å²) in [7, 11) is 0. The Bertz CT molecular complexity index is 2470. The fourth-order valence-electron chi connectivity index (χ4n) is 8.98. The van der Waals surface area contributed by atoms with Crippen molar-refractivity contribution in [3.63, 3.8) is 0 Å². The average molecular weight is 929 g/mol. The SMILES string of the molecule is CC1(C)C(=C=CC2CCCC(/C=C/C3=[N+](CCOCCOCCC(=O)Oc4ccccc4)c4ccccc4C3(C)C)=C2Cl)N(CCOCCOCCC(=O)Oc2ccccc2)c2ccccc21. The van der Waals surface area contributed by atoms with Gasteiger partial charge in [-0.1, -0.05) is 90.5 Å². The maximum absolute atomic E-state index is 12.1. The van der Waals surface area contributed by atoms with Crippen LogP contribution in [0.15, 0.2) is 149 Å². The molecule has 2 heterocycles. The predicted molar refractivity (Wildman–Crippen MR) is 264 cm³/mol. The first-order valence-corrected chi connectivity index (χ1v) is 23.9. The van der Waals surface area contributed by atoms with Gasteiger partial charge in [0.1, 0.15) is 18.1 Å². The van der Waals surface area contributed by atoms with Crippen LogP contribution in [0.25, 0.3) is 0 Å². The first-order chi connectivity index (χ1) is 32.5. The van der Waals surface area contributed by atoms with Crippen LogP contribution in [0.5, 0.6) is 11.5 Å². The zero-order valence-corrected chi connectivity index (χ0v) is 40.1. The summed E-state index contributed by atoms with van der Waals surface area (Å²) in [6, 6.07) is 35.2. The zero-order chi connectivity index (χ0) is 47.1. The van der Waals surface area contributed by atoms with Crippen molar-refractivity contribution in [1.82, 2.24) is 0 Å². The van der Waals surface area contributed by atoms with Gasteiger partial charge in [0, 0.05) is 46.3 Å². The number of nitrogens with zero attached hydrogens (tertiary/aromatic N) is 2. The number of carbonyl (C=O) groups excluding carboxylic acids is 2. The third-order valence-corrected chi connectivity index (χ3v) is 13.0. The van der Waals surface area contributed by atoms with Gasteiger partial charge in [-0.15, -0.1) is 5.73 Å². The fourth-order valence-corrected chi connectivity index (χ4v) is 9.31. The zero-order valence-electron chi connectivity index (χ0n) is 39.3. The van der Waals surface area contributed by atoms with Crippen molar-refractivity contribution in [2.75, 3.05) is 70.8 Å². The first kappa shape index (κ1) is 49.3. The Morgan fingerprint density at radius 3 is 1.87 bits per heavy atom. The molecule has 0 N–H and O–H groups in total. The fraction of sp³-hybridized carbons (Fsp3) is 0.393. The van der Waals surface area contributed by atoms with E-state index in [2.05, 4.69) is 110 Å². The van der Waals surface area contributed by atoms with E-state index in [1.165, 1.54) is 22.5 Å². The molecule has 0 fully saturated rings. The molecular formula is C56H64ClN2O8+. The van der Waals surface area contributed by atoms with Crippen molar-refractivity contribution in [3.05, 3.63) is 161 Å². The minimum absolute atomic E-state index is 0.0438. The molecule has 0 aromatic heterocycles. The quantitative estimate of drug-likeness (QED) is 0.0237. The molecule has 0 radical (unpaired) electrons. The van der Waals surface area contributed by atoms with E-state index in [-0.39, 0.29) is 54.7 Å². The summed E-state index contributed by atoms with van der Waals surface area (Å²) >= 11 is 7.33. The average Bonchev–Trinajstić information content (AvgIpc) is 3.68. The number of benzene rings is 4. The number of esters is 2. The van der Waals surface area contributed by atoms with Crippen LogP contribution >= 0.6 is 11.6 Å². The smallest absolute Gasteiger partial charge is 0.313 e. The highest BCUT2D eigenvalue weighted by Gasteiger charge is 2.44. The van der Waals surface area contributed by atoms with Gasteiger partial charge < -0.3 is 33.3 Å². The molecule has 0 bridgehead atoms. The second kappa shape index (κ2) is 23.9. The molecular weight excluding hydrogens is 864 g/mol. The first-order valence-electron chi connectivity index (χ1n) is 23.5. The number of fused-ring (bicyclic) bond motifs is 2. The molecule has 4 aromatic rings. The number of rotatable bonds is 23. The number of anilines is 1. The molecule has 1 atom stereocenters. The lowest BCUT2D eigenvalue weighted by Gasteiger charge is -2.26. The molecule has 1 unspecified atom stereocenters. The molecule has 11 heteroatoms. The molecule has 1 aliphatic carbocycles. The van der Waals surface area contributed by atoms with Crippen LogP contribution in [0.4, 0.5) is 11.4 Å². The molecule has 67 heavy (non-hydrogen) atoms. The standard InChI is InChI=1S/C56H64ClN2O8/c1-55(2)46-22-11-13-24-48(46)58(32-36-64-40-38-62-34-30-52(60)66-44-18-7-5-8-19-44)50(55)28-26-42-16-15-17-43(54(42)57)27-29-51-56(3,4)47-23-12-14-25-49(47)59(51)33-37-65-41-39-63-35-31-53(61)67-45-20-9-6-10-21-45/h5-14,18-28,43H,15-17,30-41H2,1-4H3/q+1/b28-26+. The summed E-state index contributed by atoms with van der Waals surface area (Å²) in [5, 5.41) is 0.865. The second-order valence-electron chi connectivity index (χ2n) is 17.9. The largest absolute Gasteiger partial charge is 0.426 e. The Hall–Kier alpha value is -5.58. The molecule has 352 valence electrons. The van der Waals surface area contributed by atoms with Gasteiger partial charge in [-0.25, -0.2) is 0 Å². The third kappa shape index (κ3) is 12.9. The summed E-state index contributed by atoms with van der Waals surface area (Å²) in [4.78, 5) is 26.6. The summed E-state index contributed by atoms with van der Waals surface area (Å²) in [5.74, 6) is 0.456. The van der Waals surface area contributed by atoms with Crippen LogP contribution in [-0.2, 0) is 39.4 Å². The summed E-state index contributed by atoms with van der Waals surface area (Å²) in [6.45, 7) is 13.6. The van der Waals surface area contributed by atoms with Crippen LogP contribution in [0, 0.1) is 5.92 Å². The second-order valence-corrected chi connectivity index (χ2v) is 18.3. The van der Waals surface area contributed by atoms with Crippen LogP contribution in [-0.4, -0.2) is 88.2 Å². The molecule has 4 aromatic carbocycles. The molecule has 0 saturated carbocycles. The van der Waals surface area contributed by atoms with E-state index in [4.69, 9.17) is 40.0 Å². The summed E-state index contributed by atoms with van der Waals surface area (Å²) in [5.41, 5.74) is 11.6.